The lowest BCUT2D eigenvalue weighted by molar-refractivity contribution is -0.274. The van der Waals surface area contributed by atoms with Gasteiger partial charge in [0.2, 0.25) is 5.95 Å². The molecule has 0 saturated carbocycles. The normalized spacial score (nSPS) is 17.2. The monoisotopic (exact) mass is 435 g/mol. The third-order valence-electron chi connectivity index (χ3n) is 5.45. The van der Waals surface area contributed by atoms with Gasteiger partial charge >= 0.3 is 6.36 Å². The first kappa shape index (κ1) is 21.2. The Kier molecular flexibility index (Phi) is 5.88. The zero-order chi connectivity index (χ0) is 22.0. The van der Waals surface area contributed by atoms with Crippen LogP contribution < -0.4 is 14.5 Å². The molecule has 1 aromatic heterocycles. The molecule has 2 aliphatic heterocycles. The van der Waals surface area contributed by atoms with Crippen LogP contribution >= 0.6 is 0 Å². The number of piperazine rings is 1. The summed E-state index contributed by atoms with van der Waals surface area (Å²) in [7, 11) is 0. The van der Waals surface area contributed by atoms with E-state index in [-0.39, 0.29) is 5.56 Å². The number of rotatable bonds is 4. The van der Waals surface area contributed by atoms with E-state index in [0.29, 0.717) is 26.2 Å². The second-order valence-corrected chi connectivity index (χ2v) is 7.68. The van der Waals surface area contributed by atoms with E-state index in [2.05, 4.69) is 19.5 Å². The van der Waals surface area contributed by atoms with Crippen LogP contribution in [0, 0.1) is 6.92 Å². The summed E-state index contributed by atoms with van der Waals surface area (Å²) in [5, 5.41) is 0. The summed E-state index contributed by atoms with van der Waals surface area (Å²) < 4.78 is 42.1. The molecule has 0 spiro atoms. The summed E-state index contributed by atoms with van der Waals surface area (Å²) in [4.78, 5) is 27.9. The van der Waals surface area contributed by atoms with Gasteiger partial charge in [-0.05, 0) is 31.9 Å². The first-order valence-electron chi connectivity index (χ1n) is 10.3. The smallest absolute Gasteiger partial charge is 0.405 e. The number of para-hydroxylation sites is 1. The Balaban J connectivity index is 1.44. The largest absolute Gasteiger partial charge is 0.573 e. The Morgan fingerprint density at radius 1 is 0.968 bits per heavy atom. The zero-order valence-corrected chi connectivity index (χ0v) is 17.2. The van der Waals surface area contributed by atoms with Crippen molar-refractivity contribution in [3.63, 3.8) is 0 Å². The maximum absolute atomic E-state index is 12.9. The second-order valence-electron chi connectivity index (χ2n) is 7.68. The van der Waals surface area contributed by atoms with Crippen molar-refractivity contribution in [1.29, 1.82) is 0 Å². The summed E-state index contributed by atoms with van der Waals surface area (Å²) in [5.74, 6) is 0.576. The average molecular weight is 435 g/mol. The summed E-state index contributed by atoms with van der Waals surface area (Å²) in [6, 6.07) is 7.36. The van der Waals surface area contributed by atoms with Gasteiger partial charge < -0.3 is 19.4 Å². The lowest BCUT2D eigenvalue weighted by atomic mass is 10.1. The van der Waals surface area contributed by atoms with Crippen LogP contribution in [0.3, 0.4) is 0 Å². The molecule has 2 aliphatic rings. The standard InChI is InChI=1S/C21H24F3N5O2/c1-15-14-18(26-20(25-15)29-8-4-5-9-29)27-10-12-28(13-11-27)19(30)16-6-2-3-7-17(16)31-21(22,23)24/h2-3,6-7,14H,4-5,8-13H2,1H3. The van der Waals surface area contributed by atoms with Gasteiger partial charge in [-0.1, -0.05) is 12.1 Å². The molecular weight excluding hydrogens is 411 g/mol. The molecule has 10 heteroatoms. The molecule has 0 aliphatic carbocycles. The van der Waals surface area contributed by atoms with Gasteiger partial charge in [0.15, 0.2) is 0 Å². The topological polar surface area (TPSA) is 61.8 Å². The molecule has 1 aromatic carbocycles. The molecule has 166 valence electrons. The number of ether oxygens (including phenoxy) is 1. The van der Waals surface area contributed by atoms with Crippen molar-refractivity contribution >= 4 is 17.7 Å². The predicted octanol–water partition coefficient (Wildman–Crippen LogP) is 3.25. The van der Waals surface area contributed by atoms with Crippen LogP contribution in [0.15, 0.2) is 30.3 Å². The third kappa shape index (κ3) is 5.00. The van der Waals surface area contributed by atoms with Gasteiger partial charge in [0.05, 0.1) is 5.56 Å². The van der Waals surface area contributed by atoms with Gasteiger partial charge in [0.25, 0.3) is 5.91 Å². The molecule has 0 bridgehead atoms. The van der Waals surface area contributed by atoms with Crippen LogP contribution in [0.4, 0.5) is 24.9 Å². The van der Waals surface area contributed by atoms with Crippen molar-refractivity contribution < 1.29 is 22.7 Å². The average Bonchev–Trinajstić information content (AvgIpc) is 3.27. The summed E-state index contributed by atoms with van der Waals surface area (Å²) in [6.45, 7) is 5.65. The van der Waals surface area contributed by atoms with Crippen molar-refractivity contribution in [3.05, 3.63) is 41.6 Å². The molecule has 2 fully saturated rings. The fourth-order valence-corrected chi connectivity index (χ4v) is 3.92. The highest BCUT2D eigenvalue weighted by molar-refractivity contribution is 5.97. The number of nitrogens with zero attached hydrogens (tertiary/aromatic N) is 5. The number of aryl methyl sites for hydroxylation is 1. The number of aromatic nitrogens is 2. The van der Waals surface area contributed by atoms with Crippen molar-refractivity contribution in [1.82, 2.24) is 14.9 Å². The number of anilines is 2. The molecule has 0 N–H and O–H groups in total. The minimum atomic E-state index is -4.85. The molecule has 4 rings (SSSR count). The third-order valence-corrected chi connectivity index (χ3v) is 5.45. The summed E-state index contributed by atoms with van der Waals surface area (Å²) >= 11 is 0. The van der Waals surface area contributed by atoms with E-state index in [1.165, 1.54) is 18.2 Å². The first-order valence-corrected chi connectivity index (χ1v) is 10.3. The molecular formula is C21H24F3N5O2. The number of halogens is 3. The minimum absolute atomic E-state index is 0.0949. The number of amides is 1. The van der Waals surface area contributed by atoms with E-state index >= 15 is 0 Å². The highest BCUT2D eigenvalue weighted by atomic mass is 19.4. The molecule has 0 atom stereocenters. The maximum atomic E-state index is 12.9. The van der Waals surface area contributed by atoms with Gasteiger partial charge in [-0.2, -0.15) is 4.98 Å². The van der Waals surface area contributed by atoms with Crippen LogP contribution in [0.25, 0.3) is 0 Å². The van der Waals surface area contributed by atoms with Crippen molar-refractivity contribution in [2.45, 2.75) is 26.1 Å². The Labute approximate surface area is 178 Å². The Hall–Kier alpha value is -3.04. The number of carbonyl (C=O) groups excluding carboxylic acids is 1. The molecule has 1 amide bonds. The molecule has 2 saturated heterocycles. The van der Waals surface area contributed by atoms with Crippen LogP contribution in [-0.4, -0.2) is 66.4 Å². The molecule has 31 heavy (non-hydrogen) atoms. The van der Waals surface area contributed by atoms with E-state index in [9.17, 15) is 18.0 Å². The second kappa shape index (κ2) is 8.60. The highest BCUT2D eigenvalue weighted by Gasteiger charge is 2.34. The zero-order valence-electron chi connectivity index (χ0n) is 17.2. The first-order chi connectivity index (χ1) is 14.8. The van der Waals surface area contributed by atoms with Crippen molar-refractivity contribution in [2.24, 2.45) is 0 Å². The van der Waals surface area contributed by atoms with E-state index in [4.69, 9.17) is 4.98 Å². The van der Waals surface area contributed by atoms with Gasteiger partial charge in [0.1, 0.15) is 11.6 Å². The van der Waals surface area contributed by atoms with Crippen LogP contribution in [0.1, 0.15) is 28.9 Å². The molecule has 2 aromatic rings. The Morgan fingerprint density at radius 2 is 1.65 bits per heavy atom. The maximum Gasteiger partial charge on any atom is 0.573 e. The quantitative estimate of drug-likeness (QED) is 0.735. The molecule has 7 nitrogen and oxygen atoms in total. The van der Waals surface area contributed by atoms with Crippen molar-refractivity contribution in [2.75, 3.05) is 49.1 Å². The Bertz CT molecular complexity index is 939. The fraction of sp³-hybridized carbons (Fsp3) is 0.476. The molecule has 0 unspecified atom stereocenters. The number of hydrogen-bond acceptors (Lipinski definition) is 6. The van der Waals surface area contributed by atoms with E-state index in [1.54, 1.807) is 4.90 Å². The van der Waals surface area contributed by atoms with E-state index in [1.807, 2.05) is 13.0 Å². The van der Waals surface area contributed by atoms with Crippen LogP contribution in [-0.2, 0) is 0 Å². The molecule has 0 radical (unpaired) electrons. The lowest BCUT2D eigenvalue weighted by Crippen LogP contribution is -2.49. The van der Waals surface area contributed by atoms with Gasteiger partial charge in [0, 0.05) is 51.0 Å². The van der Waals surface area contributed by atoms with Crippen molar-refractivity contribution in [3.8, 4) is 5.75 Å². The number of carbonyl (C=O) groups is 1. The van der Waals surface area contributed by atoms with E-state index in [0.717, 1.165) is 49.5 Å². The van der Waals surface area contributed by atoms with Crippen LogP contribution in [0.2, 0.25) is 0 Å². The van der Waals surface area contributed by atoms with Crippen LogP contribution in [0.5, 0.6) is 5.75 Å². The number of benzene rings is 1. The number of alkyl halides is 3. The van der Waals surface area contributed by atoms with Gasteiger partial charge in [-0.3, -0.25) is 4.79 Å². The number of hydrogen-bond donors (Lipinski definition) is 0. The van der Waals surface area contributed by atoms with Gasteiger partial charge in [-0.15, -0.1) is 13.2 Å². The fourth-order valence-electron chi connectivity index (χ4n) is 3.92. The Morgan fingerprint density at radius 3 is 2.32 bits per heavy atom. The minimum Gasteiger partial charge on any atom is -0.405 e. The lowest BCUT2D eigenvalue weighted by Gasteiger charge is -2.36. The summed E-state index contributed by atoms with van der Waals surface area (Å²) in [6.07, 6.45) is -2.59. The SMILES string of the molecule is Cc1cc(N2CCN(C(=O)c3ccccc3OC(F)(F)F)CC2)nc(N2CCCC2)n1. The molecule has 3 heterocycles. The highest BCUT2D eigenvalue weighted by Crippen LogP contribution is 2.28. The predicted molar refractivity (Wildman–Crippen MR) is 109 cm³/mol. The summed E-state index contributed by atoms with van der Waals surface area (Å²) in [5.41, 5.74) is 0.783. The van der Waals surface area contributed by atoms with Gasteiger partial charge in [-0.25, -0.2) is 4.98 Å². The van der Waals surface area contributed by atoms with E-state index < -0.39 is 18.0 Å².